The van der Waals surface area contributed by atoms with Crippen molar-refractivity contribution < 1.29 is 28.6 Å². The number of hydrogen-bond acceptors (Lipinski definition) is 6. The second-order valence-corrected chi connectivity index (χ2v) is 16.6. The fraction of sp³-hybridized carbons (Fsp3) is 0.935. The summed E-state index contributed by atoms with van der Waals surface area (Å²) in [7, 11) is 0. The van der Waals surface area contributed by atoms with Crippen LogP contribution in [0.4, 0.5) is 0 Å². The van der Waals surface area contributed by atoms with Crippen molar-refractivity contribution in [2.45, 2.75) is 253 Å². The molecule has 0 N–H and O–H groups in total. The maximum absolute atomic E-state index is 12.6. The Kier molecular flexibility index (Phi) is 37.9. The molecule has 0 rings (SSSR count). The lowest BCUT2D eigenvalue weighted by molar-refractivity contribution is -0.167. The monoisotopic (exact) mass is 737 g/mol. The van der Waals surface area contributed by atoms with Crippen molar-refractivity contribution in [3.63, 3.8) is 0 Å². The van der Waals surface area contributed by atoms with Crippen molar-refractivity contribution in [1.29, 1.82) is 0 Å². The van der Waals surface area contributed by atoms with Crippen LogP contribution in [-0.4, -0.2) is 37.2 Å². The molecule has 6 heteroatoms. The number of rotatable bonds is 40. The predicted molar refractivity (Wildman–Crippen MR) is 220 cm³/mol. The van der Waals surface area contributed by atoms with Gasteiger partial charge in [-0.15, -0.1) is 0 Å². The molecular weight excluding hydrogens is 648 g/mol. The van der Waals surface area contributed by atoms with Gasteiger partial charge in [-0.2, -0.15) is 0 Å². The summed E-state index contributed by atoms with van der Waals surface area (Å²) in [5.41, 5.74) is 0. The highest BCUT2D eigenvalue weighted by Gasteiger charge is 2.19. The molecule has 0 unspecified atom stereocenters. The van der Waals surface area contributed by atoms with Crippen LogP contribution < -0.4 is 0 Å². The van der Waals surface area contributed by atoms with Gasteiger partial charge >= 0.3 is 17.9 Å². The standard InChI is InChI=1S/C46H88O6/c1-6-7-8-9-10-11-17-20-26-31-36-44(47)50-39-43(52-46(49)38-33-28-23-22-25-30-35-42(4)5)40-51-45(48)37-32-27-21-18-15-13-12-14-16-19-24-29-34-41(2)3/h41-43H,6-40H2,1-5H3/t43-/m0/s1. The normalized spacial score (nSPS) is 12.1. The molecule has 0 aromatic carbocycles. The zero-order valence-electron chi connectivity index (χ0n) is 35.4. The SMILES string of the molecule is CCCCCCCCCCCCC(=O)OC[C@@H](COC(=O)CCCCCCCCCCCCCCC(C)C)OC(=O)CCCCCCCCC(C)C. The zero-order valence-corrected chi connectivity index (χ0v) is 35.4. The van der Waals surface area contributed by atoms with E-state index in [1.807, 2.05) is 0 Å². The van der Waals surface area contributed by atoms with E-state index in [9.17, 15) is 14.4 Å². The molecule has 1 atom stereocenters. The zero-order chi connectivity index (χ0) is 38.3. The summed E-state index contributed by atoms with van der Waals surface area (Å²) in [6.45, 7) is 11.3. The molecule has 6 nitrogen and oxygen atoms in total. The van der Waals surface area contributed by atoms with Crippen molar-refractivity contribution in [2.75, 3.05) is 13.2 Å². The second-order valence-electron chi connectivity index (χ2n) is 16.6. The lowest BCUT2D eigenvalue weighted by Gasteiger charge is -2.18. The topological polar surface area (TPSA) is 78.9 Å². The molecule has 0 bridgehead atoms. The molecule has 0 saturated carbocycles. The van der Waals surface area contributed by atoms with Crippen LogP contribution in [0.5, 0.6) is 0 Å². The maximum atomic E-state index is 12.6. The summed E-state index contributed by atoms with van der Waals surface area (Å²) in [4.78, 5) is 37.6. The molecule has 0 aliphatic rings. The fourth-order valence-corrected chi connectivity index (χ4v) is 6.75. The summed E-state index contributed by atoms with van der Waals surface area (Å²) in [5.74, 6) is 0.729. The van der Waals surface area contributed by atoms with E-state index in [-0.39, 0.29) is 31.1 Å². The van der Waals surface area contributed by atoms with Crippen molar-refractivity contribution >= 4 is 17.9 Å². The molecule has 0 aliphatic heterocycles. The van der Waals surface area contributed by atoms with Crippen molar-refractivity contribution in [3.8, 4) is 0 Å². The number of ether oxygens (including phenoxy) is 3. The molecule has 0 aromatic rings. The van der Waals surface area contributed by atoms with E-state index in [0.29, 0.717) is 19.3 Å². The molecule has 0 aliphatic carbocycles. The van der Waals surface area contributed by atoms with Crippen molar-refractivity contribution in [2.24, 2.45) is 11.8 Å². The third-order valence-electron chi connectivity index (χ3n) is 10.2. The molecule has 0 spiro atoms. The van der Waals surface area contributed by atoms with Crippen molar-refractivity contribution in [1.82, 2.24) is 0 Å². The number of esters is 3. The predicted octanol–water partition coefficient (Wildman–Crippen LogP) is 14.2. The maximum Gasteiger partial charge on any atom is 0.306 e. The Labute approximate surface area is 323 Å². The quantitative estimate of drug-likeness (QED) is 0.0354. The molecular formula is C46H88O6. The summed E-state index contributed by atoms with van der Waals surface area (Å²) < 4.78 is 16.7. The van der Waals surface area contributed by atoms with Gasteiger partial charge in [-0.25, -0.2) is 0 Å². The molecule has 52 heavy (non-hydrogen) atoms. The Morgan fingerprint density at radius 2 is 0.635 bits per heavy atom. The van der Waals surface area contributed by atoms with Gasteiger partial charge in [-0.05, 0) is 31.1 Å². The summed E-state index contributed by atoms with van der Waals surface area (Å²) >= 11 is 0. The number of carbonyl (C=O) groups excluding carboxylic acids is 3. The van der Waals surface area contributed by atoms with E-state index in [2.05, 4.69) is 34.6 Å². The van der Waals surface area contributed by atoms with E-state index in [4.69, 9.17) is 14.2 Å². The van der Waals surface area contributed by atoms with Crippen LogP contribution in [0.3, 0.4) is 0 Å². The average molecular weight is 737 g/mol. The Morgan fingerprint density at radius 1 is 0.365 bits per heavy atom. The van der Waals surface area contributed by atoms with Gasteiger partial charge < -0.3 is 14.2 Å². The van der Waals surface area contributed by atoms with Gasteiger partial charge in [-0.1, -0.05) is 208 Å². The van der Waals surface area contributed by atoms with Gasteiger partial charge in [0, 0.05) is 19.3 Å². The lowest BCUT2D eigenvalue weighted by Crippen LogP contribution is -2.30. The first-order valence-corrected chi connectivity index (χ1v) is 22.7. The molecule has 308 valence electrons. The molecule has 0 aromatic heterocycles. The Hall–Kier alpha value is -1.59. The van der Waals surface area contributed by atoms with Crippen LogP contribution in [-0.2, 0) is 28.6 Å². The highest BCUT2D eigenvalue weighted by atomic mass is 16.6. The molecule has 0 amide bonds. The summed E-state index contributed by atoms with van der Waals surface area (Å²) in [6, 6.07) is 0. The first kappa shape index (κ1) is 50.4. The summed E-state index contributed by atoms with van der Waals surface area (Å²) in [6.07, 6.45) is 36.7. The van der Waals surface area contributed by atoms with E-state index >= 15 is 0 Å². The average Bonchev–Trinajstić information content (AvgIpc) is 3.11. The van der Waals surface area contributed by atoms with Gasteiger partial charge in [0.15, 0.2) is 6.10 Å². The highest BCUT2D eigenvalue weighted by molar-refractivity contribution is 5.71. The smallest absolute Gasteiger partial charge is 0.306 e. The minimum Gasteiger partial charge on any atom is -0.462 e. The van der Waals surface area contributed by atoms with Crippen LogP contribution in [0.2, 0.25) is 0 Å². The van der Waals surface area contributed by atoms with E-state index in [1.165, 1.54) is 135 Å². The van der Waals surface area contributed by atoms with Crippen LogP contribution in [0, 0.1) is 11.8 Å². The third kappa shape index (κ3) is 39.6. The first-order valence-electron chi connectivity index (χ1n) is 22.7. The molecule has 0 radical (unpaired) electrons. The lowest BCUT2D eigenvalue weighted by atomic mass is 10.0. The van der Waals surface area contributed by atoms with Gasteiger partial charge in [0.2, 0.25) is 0 Å². The Morgan fingerprint density at radius 3 is 0.942 bits per heavy atom. The van der Waals surface area contributed by atoms with Crippen LogP contribution in [0.25, 0.3) is 0 Å². The van der Waals surface area contributed by atoms with Crippen molar-refractivity contribution in [3.05, 3.63) is 0 Å². The number of unbranched alkanes of at least 4 members (excludes halogenated alkanes) is 25. The Balaban J connectivity index is 4.28. The minimum absolute atomic E-state index is 0.0658. The van der Waals surface area contributed by atoms with Crippen LogP contribution in [0.15, 0.2) is 0 Å². The fourth-order valence-electron chi connectivity index (χ4n) is 6.75. The second kappa shape index (κ2) is 39.1. The largest absolute Gasteiger partial charge is 0.462 e. The van der Waals surface area contributed by atoms with Crippen LogP contribution >= 0.6 is 0 Å². The van der Waals surface area contributed by atoms with E-state index in [1.54, 1.807) is 0 Å². The minimum atomic E-state index is -0.760. The first-order chi connectivity index (χ1) is 25.2. The summed E-state index contributed by atoms with van der Waals surface area (Å²) in [5, 5.41) is 0. The van der Waals surface area contributed by atoms with Gasteiger partial charge in [0.1, 0.15) is 13.2 Å². The van der Waals surface area contributed by atoms with Gasteiger partial charge in [0.05, 0.1) is 0 Å². The van der Waals surface area contributed by atoms with E-state index < -0.39 is 6.10 Å². The van der Waals surface area contributed by atoms with Gasteiger partial charge in [0.25, 0.3) is 0 Å². The molecule has 0 fully saturated rings. The Bertz CT molecular complexity index is 794. The van der Waals surface area contributed by atoms with Crippen LogP contribution in [0.1, 0.15) is 247 Å². The number of carbonyl (C=O) groups is 3. The highest BCUT2D eigenvalue weighted by Crippen LogP contribution is 2.16. The van der Waals surface area contributed by atoms with Gasteiger partial charge in [-0.3, -0.25) is 14.4 Å². The number of hydrogen-bond donors (Lipinski definition) is 0. The third-order valence-corrected chi connectivity index (χ3v) is 10.2. The molecule has 0 heterocycles. The molecule has 0 saturated heterocycles. The van der Waals surface area contributed by atoms with E-state index in [0.717, 1.165) is 69.6 Å².